The van der Waals surface area contributed by atoms with Gasteiger partial charge in [-0.15, -0.1) is 0 Å². The molecule has 0 nitrogen and oxygen atoms in total. The quantitative estimate of drug-likeness (QED) is 0.174. The molecule has 4 bridgehead atoms. The molecule has 5 aromatic rings. The van der Waals surface area contributed by atoms with E-state index in [4.69, 9.17) is 0 Å². The summed E-state index contributed by atoms with van der Waals surface area (Å²) < 4.78 is 0. The largest absolute Gasteiger partial charge is 0.0775 e. The number of benzene rings is 5. The molecular weight excluding hydrogens is 554 g/mol. The number of hydrogen-bond donors (Lipinski definition) is 0. The highest BCUT2D eigenvalue weighted by atomic mass is 31.1. The lowest BCUT2D eigenvalue weighted by atomic mass is 9.98. The zero-order valence-electron chi connectivity index (χ0n) is 24.4. The molecule has 3 aliphatic rings. The third-order valence-electron chi connectivity index (χ3n) is 8.45. The molecule has 0 heterocycles. The fraction of sp³-hybridized carbons (Fsp3) is 0.122. The lowest BCUT2D eigenvalue weighted by molar-refractivity contribution is 0.940. The van der Waals surface area contributed by atoms with Gasteiger partial charge < -0.3 is 0 Å². The van der Waals surface area contributed by atoms with Crippen LogP contribution in [0.3, 0.4) is 0 Å². The Morgan fingerprint density at radius 3 is 1.53 bits per heavy atom. The van der Waals surface area contributed by atoms with Crippen LogP contribution in [0.5, 0.6) is 0 Å². The second-order valence-corrected chi connectivity index (χ2v) is 15.6. The molecule has 3 aliphatic carbocycles. The number of allylic oxidation sites excluding steroid dienone is 6. The third kappa shape index (κ3) is 6.28. The maximum atomic E-state index is 2.58. The van der Waals surface area contributed by atoms with E-state index < -0.39 is 15.8 Å². The third-order valence-corrected chi connectivity index (χ3v) is 13.5. The normalized spacial score (nSPS) is 14.9. The Hall–Kier alpha value is -3.82. The summed E-state index contributed by atoms with van der Waals surface area (Å²) >= 11 is 0. The molecule has 210 valence electrons. The summed E-state index contributed by atoms with van der Waals surface area (Å²) in [4.78, 5) is 0. The minimum absolute atomic E-state index is 0.637. The van der Waals surface area contributed by atoms with Crippen LogP contribution >= 0.6 is 15.8 Å². The summed E-state index contributed by atoms with van der Waals surface area (Å²) in [7, 11) is -1.28. The summed E-state index contributed by atoms with van der Waals surface area (Å²) in [5.74, 6) is 0. The Bertz CT molecular complexity index is 1690. The molecule has 0 aromatic heterocycles. The molecule has 0 unspecified atom stereocenters. The van der Waals surface area contributed by atoms with E-state index in [1.54, 1.807) is 0 Å². The van der Waals surface area contributed by atoms with Crippen molar-refractivity contribution in [3.63, 3.8) is 0 Å². The first-order valence-electron chi connectivity index (χ1n) is 15.4. The molecule has 0 aliphatic heterocycles. The lowest BCUT2D eigenvalue weighted by Gasteiger charge is -2.26. The second-order valence-electron chi connectivity index (χ2n) is 11.2. The predicted octanol–water partition coefficient (Wildman–Crippen LogP) is 8.60. The van der Waals surface area contributed by atoms with Crippen LogP contribution in [0.4, 0.5) is 0 Å². The fourth-order valence-corrected chi connectivity index (χ4v) is 11.4. The molecule has 0 fully saturated rings. The smallest absolute Gasteiger partial charge is 0.0116 e. The summed E-state index contributed by atoms with van der Waals surface area (Å²) in [6, 6.07) is 52.1. The predicted molar refractivity (Wildman–Crippen MR) is 190 cm³/mol. The fourth-order valence-electron chi connectivity index (χ4n) is 6.30. The molecule has 2 heteroatoms. The van der Waals surface area contributed by atoms with Gasteiger partial charge in [0.05, 0.1) is 0 Å². The molecule has 0 radical (unpaired) electrons. The van der Waals surface area contributed by atoms with E-state index in [1.165, 1.54) is 54.1 Å². The Kier molecular flexibility index (Phi) is 8.60. The van der Waals surface area contributed by atoms with Gasteiger partial charge in [-0.25, -0.2) is 0 Å². The summed E-state index contributed by atoms with van der Waals surface area (Å²) in [5.41, 5.74) is 5.93. The Balaban J connectivity index is 1.31. The van der Waals surface area contributed by atoms with Gasteiger partial charge in [0.1, 0.15) is 0 Å². The molecule has 43 heavy (non-hydrogen) atoms. The van der Waals surface area contributed by atoms with Crippen LogP contribution in [-0.2, 0) is 12.8 Å². The van der Waals surface area contributed by atoms with E-state index in [-0.39, 0.29) is 0 Å². The van der Waals surface area contributed by atoms with Gasteiger partial charge >= 0.3 is 0 Å². The number of aryl methyl sites for hydroxylation is 2. The Labute approximate surface area is 259 Å². The van der Waals surface area contributed by atoms with E-state index in [9.17, 15) is 0 Å². The SMILES string of the molecule is C1=C2C=C(P(c3ccccc3)c3ccccc3)C(=CC1)CCc1ccc(c(P(c3ccccc3)c3ccccc3)c1)CC2. The van der Waals surface area contributed by atoms with Gasteiger partial charge in [0, 0.05) is 0 Å². The minimum atomic E-state index is -0.647. The van der Waals surface area contributed by atoms with Crippen molar-refractivity contribution in [2.75, 3.05) is 0 Å². The van der Waals surface area contributed by atoms with Gasteiger partial charge in [-0.05, 0) is 96.5 Å². The van der Waals surface area contributed by atoms with Gasteiger partial charge in [-0.2, -0.15) is 0 Å². The molecule has 0 saturated carbocycles. The summed E-state index contributed by atoms with van der Waals surface area (Å²) in [6.45, 7) is 0. The van der Waals surface area contributed by atoms with Crippen molar-refractivity contribution in [3.8, 4) is 0 Å². The molecule has 0 spiro atoms. The molecule has 0 saturated heterocycles. The molecule has 0 amide bonds. The zero-order valence-corrected chi connectivity index (χ0v) is 26.2. The molecular formula is C41H36P2. The van der Waals surface area contributed by atoms with Crippen molar-refractivity contribution in [2.24, 2.45) is 0 Å². The first-order valence-corrected chi connectivity index (χ1v) is 18.0. The van der Waals surface area contributed by atoms with Gasteiger partial charge in [-0.1, -0.05) is 163 Å². The van der Waals surface area contributed by atoms with Crippen LogP contribution in [-0.4, -0.2) is 0 Å². The van der Waals surface area contributed by atoms with Crippen molar-refractivity contribution in [3.05, 3.63) is 185 Å². The average molecular weight is 591 g/mol. The van der Waals surface area contributed by atoms with Crippen molar-refractivity contribution in [2.45, 2.75) is 32.1 Å². The van der Waals surface area contributed by atoms with Crippen LogP contribution in [0.1, 0.15) is 30.4 Å². The summed E-state index contributed by atoms with van der Waals surface area (Å²) in [5, 5.41) is 8.76. The molecule has 5 aromatic carbocycles. The summed E-state index contributed by atoms with van der Waals surface area (Å²) in [6.07, 6.45) is 12.8. The average Bonchev–Trinajstić information content (AvgIpc) is 3.25. The van der Waals surface area contributed by atoms with Gasteiger partial charge in [0.2, 0.25) is 0 Å². The topological polar surface area (TPSA) is 0 Å². The highest BCUT2D eigenvalue weighted by Gasteiger charge is 2.25. The Morgan fingerprint density at radius 2 is 0.977 bits per heavy atom. The van der Waals surface area contributed by atoms with Crippen LogP contribution in [0.15, 0.2) is 174 Å². The van der Waals surface area contributed by atoms with Crippen LogP contribution in [0, 0.1) is 0 Å². The lowest BCUT2D eigenvalue weighted by Crippen LogP contribution is -2.24. The highest BCUT2D eigenvalue weighted by Crippen LogP contribution is 2.49. The van der Waals surface area contributed by atoms with E-state index in [1.807, 2.05) is 0 Å². The zero-order chi connectivity index (χ0) is 28.8. The van der Waals surface area contributed by atoms with Gasteiger partial charge in [-0.3, -0.25) is 0 Å². The highest BCUT2D eigenvalue weighted by molar-refractivity contribution is 7.80. The van der Waals surface area contributed by atoms with E-state index >= 15 is 0 Å². The second kappa shape index (κ2) is 13.2. The first-order chi connectivity index (χ1) is 21.3. The maximum absolute atomic E-state index is 2.58. The Morgan fingerprint density at radius 1 is 0.442 bits per heavy atom. The minimum Gasteiger partial charge on any atom is -0.0775 e. The van der Waals surface area contributed by atoms with Crippen molar-refractivity contribution < 1.29 is 0 Å². The molecule has 8 rings (SSSR count). The monoisotopic (exact) mass is 590 g/mol. The first kappa shape index (κ1) is 28.0. The van der Waals surface area contributed by atoms with Crippen molar-refractivity contribution in [1.29, 1.82) is 0 Å². The van der Waals surface area contributed by atoms with Gasteiger partial charge in [0.15, 0.2) is 0 Å². The van der Waals surface area contributed by atoms with Crippen LogP contribution < -0.4 is 26.5 Å². The number of rotatable bonds is 6. The van der Waals surface area contributed by atoms with Crippen LogP contribution in [0.25, 0.3) is 0 Å². The van der Waals surface area contributed by atoms with Gasteiger partial charge in [0.25, 0.3) is 0 Å². The number of fused-ring (bicyclic) bond motifs is 4. The molecule has 0 N–H and O–H groups in total. The standard InChI is InChI=1S/C41H36P2/c1-5-16-36(17-6-1)42(37-18-7-2-8-19-37)40-30-32-14-13-15-34(40)27-25-33-26-29-35(28-24-32)41(31-33)43(38-20-9-3-10-21-38)39-22-11-4-12-23-39/h1-12,14-23,26,29-31H,13,24-25,27-28H2. The van der Waals surface area contributed by atoms with Crippen molar-refractivity contribution in [1.82, 2.24) is 0 Å². The molecule has 0 atom stereocenters. The van der Waals surface area contributed by atoms with Crippen molar-refractivity contribution >= 4 is 42.4 Å². The van der Waals surface area contributed by atoms with E-state index in [2.05, 4.69) is 158 Å². The maximum Gasteiger partial charge on any atom is -0.0116 e. The van der Waals surface area contributed by atoms with Crippen LogP contribution in [0.2, 0.25) is 0 Å². The number of hydrogen-bond acceptors (Lipinski definition) is 0. The van der Waals surface area contributed by atoms with E-state index in [0.29, 0.717) is 0 Å². The van der Waals surface area contributed by atoms with E-state index in [0.717, 1.165) is 32.1 Å².